The van der Waals surface area contributed by atoms with Crippen molar-refractivity contribution in [2.75, 3.05) is 5.32 Å². The number of aromatic nitrogens is 6. The molecule has 0 fully saturated rings. The maximum Gasteiger partial charge on any atom is 0.151 e. The zero-order valence-corrected chi connectivity index (χ0v) is 15.9. The van der Waals surface area contributed by atoms with E-state index in [-0.39, 0.29) is 0 Å². The summed E-state index contributed by atoms with van der Waals surface area (Å²) in [6.07, 6.45) is 6.40. The largest absolute Gasteiger partial charge is 0.363 e. The molecule has 0 saturated heterocycles. The topological polar surface area (TPSA) is 118 Å². The van der Waals surface area contributed by atoms with Crippen LogP contribution in [0.3, 0.4) is 0 Å². The van der Waals surface area contributed by atoms with Gasteiger partial charge in [0.15, 0.2) is 5.01 Å². The summed E-state index contributed by atoms with van der Waals surface area (Å²) in [6, 6.07) is 9.63. The molecular weight excluding hydrogens is 388 g/mol. The average molecular weight is 400 g/mol. The van der Waals surface area contributed by atoms with Crippen molar-refractivity contribution in [3.8, 4) is 28.0 Å². The standard InChI is InChI=1S/C19H12N8OS/c1-11-25-26-19(29-11)15-9-21-17(5-16(15)24-13-8-23-28-10-13)18-3-2-14-4-12(6-20)7-22-27(14)18/h2-5,7-10H,1H3,(H,21,24). The number of aryl methyl sites for hydroxylation is 1. The predicted octanol–water partition coefficient (Wildman–Crippen LogP) is 3.83. The Labute approximate surface area is 168 Å². The van der Waals surface area contributed by atoms with Crippen molar-refractivity contribution in [3.63, 3.8) is 0 Å². The van der Waals surface area contributed by atoms with Crippen LogP contribution in [0.1, 0.15) is 10.6 Å². The summed E-state index contributed by atoms with van der Waals surface area (Å²) in [4.78, 5) is 4.62. The lowest BCUT2D eigenvalue weighted by molar-refractivity contribution is 0.420. The van der Waals surface area contributed by atoms with E-state index in [0.29, 0.717) is 16.9 Å². The van der Waals surface area contributed by atoms with E-state index in [1.807, 2.05) is 25.1 Å². The summed E-state index contributed by atoms with van der Waals surface area (Å²) in [5, 5.41) is 30.5. The molecule has 0 amide bonds. The summed E-state index contributed by atoms with van der Waals surface area (Å²) in [5.74, 6) is 0. The number of nitrogens with zero attached hydrogens (tertiary/aromatic N) is 7. The molecule has 29 heavy (non-hydrogen) atoms. The Morgan fingerprint density at radius 3 is 2.86 bits per heavy atom. The van der Waals surface area contributed by atoms with Gasteiger partial charge in [-0.2, -0.15) is 10.4 Å². The minimum atomic E-state index is 0.506. The molecule has 140 valence electrons. The second kappa shape index (κ2) is 6.81. The third kappa shape index (κ3) is 3.09. The molecule has 0 bridgehead atoms. The van der Waals surface area contributed by atoms with Gasteiger partial charge < -0.3 is 9.84 Å². The Hall–Kier alpha value is -4.10. The molecule has 0 aromatic carbocycles. The second-order valence-electron chi connectivity index (χ2n) is 6.19. The number of nitriles is 1. The minimum absolute atomic E-state index is 0.506. The van der Waals surface area contributed by atoms with Gasteiger partial charge >= 0.3 is 0 Å². The van der Waals surface area contributed by atoms with Crippen molar-refractivity contribution in [3.05, 3.63) is 59.7 Å². The quantitative estimate of drug-likeness (QED) is 0.484. The lowest BCUT2D eigenvalue weighted by atomic mass is 10.2. The summed E-state index contributed by atoms with van der Waals surface area (Å²) in [5.41, 5.74) is 5.16. The van der Waals surface area contributed by atoms with E-state index in [1.54, 1.807) is 23.0 Å². The smallest absolute Gasteiger partial charge is 0.151 e. The molecule has 0 saturated carbocycles. The fourth-order valence-corrected chi connectivity index (χ4v) is 3.67. The average Bonchev–Trinajstić information content (AvgIpc) is 3.48. The van der Waals surface area contributed by atoms with Crippen LogP contribution in [-0.2, 0) is 0 Å². The monoisotopic (exact) mass is 400 g/mol. The first-order valence-corrected chi connectivity index (χ1v) is 9.38. The number of nitrogens with one attached hydrogen (secondary N) is 1. The van der Waals surface area contributed by atoms with Gasteiger partial charge in [0, 0.05) is 6.20 Å². The number of fused-ring (bicyclic) bond motifs is 1. The zero-order valence-electron chi connectivity index (χ0n) is 15.1. The first-order chi connectivity index (χ1) is 14.2. The van der Waals surface area contributed by atoms with Crippen LogP contribution < -0.4 is 5.32 Å². The van der Waals surface area contributed by atoms with Gasteiger partial charge in [0.2, 0.25) is 0 Å². The van der Waals surface area contributed by atoms with Crippen molar-refractivity contribution in [1.82, 2.24) is 30.0 Å². The van der Waals surface area contributed by atoms with E-state index >= 15 is 0 Å². The molecule has 0 unspecified atom stereocenters. The molecule has 0 aliphatic heterocycles. The fourth-order valence-electron chi connectivity index (χ4n) is 2.95. The normalized spacial score (nSPS) is 10.9. The van der Waals surface area contributed by atoms with Crippen LogP contribution in [0.2, 0.25) is 0 Å². The number of hydrogen-bond acceptors (Lipinski definition) is 9. The van der Waals surface area contributed by atoms with Gasteiger partial charge in [-0.25, -0.2) is 4.52 Å². The van der Waals surface area contributed by atoms with Crippen molar-refractivity contribution >= 4 is 28.2 Å². The Morgan fingerprint density at radius 1 is 1.17 bits per heavy atom. The summed E-state index contributed by atoms with van der Waals surface area (Å²) >= 11 is 1.49. The third-order valence-corrected chi connectivity index (χ3v) is 5.14. The van der Waals surface area contributed by atoms with Gasteiger partial charge in [-0.3, -0.25) is 4.98 Å². The maximum absolute atomic E-state index is 9.08. The Kier molecular flexibility index (Phi) is 4.00. The first kappa shape index (κ1) is 17.0. The maximum atomic E-state index is 9.08. The van der Waals surface area contributed by atoms with Crippen LogP contribution in [0, 0.1) is 18.3 Å². The molecule has 0 aliphatic carbocycles. The zero-order chi connectivity index (χ0) is 19.8. The van der Waals surface area contributed by atoms with E-state index in [9.17, 15) is 0 Å². The van der Waals surface area contributed by atoms with Crippen molar-refractivity contribution in [2.24, 2.45) is 0 Å². The third-order valence-electron chi connectivity index (χ3n) is 4.26. The first-order valence-electron chi connectivity index (χ1n) is 8.56. The Balaban J connectivity index is 1.64. The fraction of sp³-hybridized carbons (Fsp3) is 0.0526. The van der Waals surface area contributed by atoms with Crippen LogP contribution in [0.15, 0.2) is 53.6 Å². The number of pyridine rings is 1. The van der Waals surface area contributed by atoms with Crippen molar-refractivity contribution in [2.45, 2.75) is 6.92 Å². The Bertz CT molecular complexity index is 1360. The van der Waals surface area contributed by atoms with Crippen LogP contribution >= 0.6 is 11.3 Å². The molecular formula is C19H12N8OS. The van der Waals surface area contributed by atoms with Crippen molar-refractivity contribution < 1.29 is 4.52 Å². The minimum Gasteiger partial charge on any atom is -0.363 e. The van der Waals surface area contributed by atoms with Gasteiger partial charge in [0.25, 0.3) is 0 Å². The molecule has 5 heterocycles. The van der Waals surface area contributed by atoms with Crippen LogP contribution in [0.25, 0.3) is 27.5 Å². The lowest BCUT2D eigenvalue weighted by Gasteiger charge is -2.10. The highest BCUT2D eigenvalue weighted by atomic mass is 32.1. The molecule has 5 aromatic rings. The van der Waals surface area contributed by atoms with Gasteiger partial charge in [-0.15, -0.1) is 10.2 Å². The SMILES string of the molecule is Cc1nnc(-c2cnc(-c3ccc4cc(C#N)cnn34)cc2Nc2cnoc2)s1. The Morgan fingerprint density at radius 2 is 2.10 bits per heavy atom. The molecule has 1 N–H and O–H groups in total. The summed E-state index contributed by atoms with van der Waals surface area (Å²) in [7, 11) is 0. The van der Waals surface area contributed by atoms with E-state index in [4.69, 9.17) is 9.78 Å². The van der Waals surface area contributed by atoms with E-state index < -0.39 is 0 Å². The van der Waals surface area contributed by atoms with Gasteiger partial charge in [0.05, 0.1) is 51.8 Å². The summed E-state index contributed by atoms with van der Waals surface area (Å²) < 4.78 is 6.68. The molecule has 5 rings (SSSR count). The number of rotatable bonds is 4. The summed E-state index contributed by atoms with van der Waals surface area (Å²) in [6.45, 7) is 1.91. The molecule has 5 aromatic heterocycles. The van der Waals surface area contributed by atoms with E-state index in [0.717, 1.165) is 32.5 Å². The van der Waals surface area contributed by atoms with Crippen molar-refractivity contribution in [1.29, 1.82) is 5.26 Å². The van der Waals surface area contributed by atoms with Gasteiger partial charge in [-0.05, 0) is 31.2 Å². The number of anilines is 2. The molecule has 0 atom stereocenters. The lowest BCUT2D eigenvalue weighted by Crippen LogP contribution is -1.98. The van der Waals surface area contributed by atoms with Crippen LogP contribution in [-0.4, -0.2) is 30.0 Å². The molecule has 0 radical (unpaired) electrons. The van der Waals surface area contributed by atoms with Gasteiger partial charge in [-0.1, -0.05) is 16.5 Å². The highest BCUT2D eigenvalue weighted by Gasteiger charge is 2.15. The molecule has 0 aliphatic rings. The second-order valence-corrected chi connectivity index (χ2v) is 7.37. The molecule has 0 spiro atoms. The predicted molar refractivity (Wildman–Crippen MR) is 107 cm³/mol. The molecule has 9 nitrogen and oxygen atoms in total. The van der Waals surface area contributed by atoms with E-state index in [1.165, 1.54) is 23.8 Å². The van der Waals surface area contributed by atoms with Crippen LogP contribution in [0.4, 0.5) is 11.4 Å². The highest BCUT2D eigenvalue weighted by Crippen LogP contribution is 2.34. The van der Waals surface area contributed by atoms with E-state index in [2.05, 4.69) is 36.8 Å². The van der Waals surface area contributed by atoms with Crippen LogP contribution in [0.5, 0.6) is 0 Å². The van der Waals surface area contributed by atoms with Gasteiger partial charge in [0.1, 0.15) is 17.3 Å². The highest BCUT2D eigenvalue weighted by molar-refractivity contribution is 7.14. The number of hydrogen-bond donors (Lipinski definition) is 1. The molecule has 10 heteroatoms.